The van der Waals surface area contributed by atoms with Crippen molar-refractivity contribution in [2.45, 2.75) is 26.2 Å². The molecule has 0 atom stereocenters. The van der Waals surface area contributed by atoms with Gasteiger partial charge < -0.3 is 23.1 Å². The van der Waals surface area contributed by atoms with Crippen LogP contribution in [0.1, 0.15) is 26.3 Å². The van der Waals surface area contributed by atoms with E-state index in [1.54, 1.807) is 0 Å². The van der Waals surface area contributed by atoms with Gasteiger partial charge in [0.25, 0.3) is 0 Å². The monoisotopic (exact) mass is 871 g/mol. The number of rotatable bonds is 4. The van der Waals surface area contributed by atoms with Crippen LogP contribution in [0.25, 0.3) is 87.6 Å². The van der Waals surface area contributed by atoms with Crippen molar-refractivity contribution in [1.29, 1.82) is 0 Å². The Balaban J connectivity index is 1.15. The maximum absolute atomic E-state index is 7.17. The molecular weight excluding hydrogens is 830 g/mol. The molecule has 5 heterocycles. The lowest BCUT2D eigenvalue weighted by atomic mass is 9.45. The highest BCUT2D eigenvalue weighted by molar-refractivity contribution is 6.90. The molecule has 0 amide bonds. The first kappa shape index (κ1) is 37.7. The van der Waals surface area contributed by atoms with Gasteiger partial charge >= 0.3 is 6.85 Å². The van der Waals surface area contributed by atoms with Gasteiger partial charge in [-0.25, -0.2) is 0 Å². The van der Waals surface area contributed by atoms with E-state index in [0.717, 1.165) is 83.6 Å². The smallest absolute Gasteiger partial charge is 0.333 e. The maximum atomic E-state index is 7.17. The molecule has 5 nitrogen and oxygen atoms in total. The first-order valence-electron chi connectivity index (χ1n) is 23.6. The third-order valence-electron chi connectivity index (χ3n) is 14.8. The van der Waals surface area contributed by atoms with Crippen LogP contribution in [0.4, 0.5) is 34.1 Å². The lowest BCUT2D eigenvalue weighted by molar-refractivity contribution is 0.591. The fraction of sp³-hybridized carbons (Fsp3) is 0.0645. The zero-order chi connectivity index (χ0) is 45.0. The zero-order valence-electron chi connectivity index (χ0n) is 37.8. The highest BCUT2D eigenvalue weighted by atomic mass is 16.3. The van der Waals surface area contributed by atoms with E-state index in [1.807, 2.05) is 0 Å². The molecule has 0 saturated heterocycles. The van der Waals surface area contributed by atoms with Crippen molar-refractivity contribution in [2.75, 3.05) is 9.80 Å². The van der Waals surface area contributed by atoms with Crippen molar-refractivity contribution < 1.29 is 8.83 Å². The molecule has 320 valence electrons. The standard InChI is InChI=1S/C62H42BN3O2/c1-62(2,3)38-33-47-56-42-22-11-10-17-37(42)29-32-50(56)66-59(47)48(34-38)57-58-53(36-46-44-24-13-15-28-55(44)68-61(46)57)65(51-26-16-25-45-43-23-12-14-27-54(43)67-60(45)51)52-35-41(30-31-49(52)63(58)66)64(39-18-6-4-7-19-39)40-20-8-5-9-21-40/h4-36H,1-3H3. The minimum absolute atomic E-state index is 0.127. The fourth-order valence-corrected chi connectivity index (χ4v) is 11.8. The maximum Gasteiger partial charge on any atom is 0.333 e. The molecule has 2 aliphatic rings. The molecule has 6 heteroatoms. The van der Waals surface area contributed by atoms with E-state index in [4.69, 9.17) is 8.83 Å². The van der Waals surface area contributed by atoms with E-state index >= 15 is 0 Å². The quantitative estimate of drug-likeness (QED) is 0.165. The summed E-state index contributed by atoms with van der Waals surface area (Å²) in [5.41, 5.74) is 18.3. The van der Waals surface area contributed by atoms with Crippen LogP contribution in [0.2, 0.25) is 0 Å². The molecule has 0 unspecified atom stereocenters. The average molecular weight is 872 g/mol. The summed E-state index contributed by atoms with van der Waals surface area (Å²) in [7, 11) is 0. The number of furan rings is 2. The second-order valence-electron chi connectivity index (χ2n) is 19.6. The largest absolute Gasteiger partial charge is 0.455 e. The summed E-state index contributed by atoms with van der Waals surface area (Å²) < 4.78 is 16.8. The number of para-hydroxylation sites is 5. The predicted molar refractivity (Wildman–Crippen MR) is 285 cm³/mol. The van der Waals surface area contributed by atoms with Crippen molar-refractivity contribution in [3.8, 4) is 11.1 Å². The van der Waals surface area contributed by atoms with Crippen LogP contribution in [-0.2, 0) is 5.41 Å². The lowest BCUT2D eigenvalue weighted by Gasteiger charge is -2.41. The molecule has 13 aromatic rings. The molecule has 0 fully saturated rings. The van der Waals surface area contributed by atoms with Gasteiger partial charge in [-0.05, 0) is 112 Å². The summed E-state index contributed by atoms with van der Waals surface area (Å²) in [6, 6.07) is 73.0. The normalized spacial score (nSPS) is 13.2. The first-order chi connectivity index (χ1) is 33.4. The van der Waals surface area contributed by atoms with Gasteiger partial charge in [0.2, 0.25) is 0 Å². The molecule has 68 heavy (non-hydrogen) atoms. The van der Waals surface area contributed by atoms with Crippen molar-refractivity contribution >= 4 is 128 Å². The Morgan fingerprint density at radius 3 is 1.85 bits per heavy atom. The molecule has 15 rings (SSSR count). The van der Waals surface area contributed by atoms with Gasteiger partial charge in [-0.1, -0.05) is 142 Å². The molecule has 10 aromatic carbocycles. The third-order valence-corrected chi connectivity index (χ3v) is 14.8. The first-order valence-corrected chi connectivity index (χ1v) is 23.6. The summed E-state index contributed by atoms with van der Waals surface area (Å²) in [4.78, 5) is 4.87. The van der Waals surface area contributed by atoms with E-state index in [0.29, 0.717) is 0 Å². The van der Waals surface area contributed by atoms with Crippen LogP contribution in [0.15, 0.2) is 209 Å². The van der Waals surface area contributed by atoms with E-state index in [-0.39, 0.29) is 12.3 Å². The SMILES string of the molecule is CC(C)(C)c1cc2c3c(c1)c1c4ccccc4ccc1n3B1c3ccc(N(c4ccccc4)c4ccccc4)cc3N(c3cccc4c3oc3ccccc34)c3cc4c(oc5ccccc54)c-2c31. The van der Waals surface area contributed by atoms with Gasteiger partial charge in [0.15, 0.2) is 5.58 Å². The van der Waals surface area contributed by atoms with E-state index in [2.05, 4.69) is 235 Å². The number of benzene rings is 10. The molecule has 0 radical (unpaired) electrons. The summed E-state index contributed by atoms with van der Waals surface area (Å²) in [5, 5.41) is 9.42. The van der Waals surface area contributed by atoms with Crippen molar-refractivity contribution in [3.05, 3.63) is 206 Å². The molecule has 0 aliphatic carbocycles. The molecular formula is C62H42BN3O2. The minimum Gasteiger partial charge on any atom is -0.455 e. The van der Waals surface area contributed by atoms with E-state index in [1.165, 1.54) is 54.6 Å². The minimum atomic E-state index is -0.205. The van der Waals surface area contributed by atoms with E-state index < -0.39 is 0 Å². The number of fused-ring (bicyclic) bond motifs is 16. The highest BCUT2D eigenvalue weighted by Gasteiger charge is 2.45. The molecule has 0 bridgehead atoms. The lowest BCUT2D eigenvalue weighted by Crippen LogP contribution is -2.56. The summed E-state index contributed by atoms with van der Waals surface area (Å²) in [5.74, 6) is 0. The van der Waals surface area contributed by atoms with Crippen molar-refractivity contribution in [3.63, 3.8) is 0 Å². The van der Waals surface area contributed by atoms with Crippen LogP contribution in [0.5, 0.6) is 0 Å². The third kappa shape index (κ3) is 5.06. The average Bonchev–Trinajstić information content (AvgIpc) is 4.06. The Kier molecular flexibility index (Phi) is 7.52. The Labute approximate surface area is 392 Å². The van der Waals surface area contributed by atoms with Crippen LogP contribution in [-0.4, -0.2) is 11.3 Å². The van der Waals surface area contributed by atoms with Gasteiger partial charge in [0.05, 0.1) is 5.69 Å². The molecule has 0 N–H and O–H groups in total. The molecule has 3 aromatic heterocycles. The van der Waals surface area contributed by atoms with Crippen molar-refractivity contribution in [2.24, 2.45) is 0 Å². The van der Waals surface area contributed by atoms with E-state index in [9.17, 15) is 0 Å². The summed E-state index contributed by atoms with van der Waals surface area (Å²) in [6.45, 7) is 6.79. The zero-order valence-corrected chi connectivity index (χ0v) is 37.8. The molecule has 0 spiro atoms. The van der Waals surface area contributed by atoms with Crippen LogP contribution < -0.4 is 20.7 Å². The predicted octanol–water partition coefficient (Wildman–Crippen LogP) is 15.9. The molecule has 0 saturated carbocycles. The summed E-state index contributed by atoms with van der Waals surface area (Å²) >= 11 is 0. The molecule has 2 aliphatic heterocycles. The van der Waals surface area contributed by atoms with Crippen LogP contribution >= 0.6 is 0 Å². The van der Waals surface area contributed by atoms with Gasteiger partial charge in [-0.2, -0.15) is 0 Å². The Bertz CT molecular complexity index is 4230. The van der Waals surface area contributed by atoms with Crippen LogP contribution in [0.3, 0.4) is 0 Å². The van der Waals surface area contributed by atoms with Gasteiger partial charge in [0, 0.05) is 82.9 Å². The number of hydrogen-bond acceptors (Lipinski definition) is 4. The highest BCUT2D eigenvalue weighted by Crippen LogP contribution is 2.53. The fourth-order valence-electron chi connectivity index (χ4n) is 11.8. The Morgan fingerprint density at radius 2 is 1.12 bits per heavy atom. The van der Waals surface area contributed by atoms with Crippen molar-refractivity contribution in [1.82, 2.24) is 4.48 Å². The van der Waals surface area contributed by atoms with Gasteiger partial charge in [-0.15, -0.1) is 0 Å². The number of nitrogens with zero attached hydrogens (tertiary/aromatic N) is 3. The number of anilines is 6. The number of aromatic nitrogens is 1. The van der Waals surface area contributed by atoms with Crippen LogP contribution in [0, 0.1) is 0 Å². The van der Waals surface area contributed by atoms with Gasteiger partial charge in [0.1, 0.15) is 16.7 Å². The summed E-state index contributed by atoms with van der Waals surface area (Å²) in [6.07, 6.45) is 0. The Hall–Kier alpha value is -8.48. The van der Waals surface area contributed by atoms with Gasteiger partial charge in [-0.3, -0.25) is 0 Å². The second kappa shape index (κ2) is 13.6. The Morgan fingerprint density at radius 1 is 0.471 bits per heavy atom. The second-order valence-corrected chi connectivity index (χ2v) is 19.6. The number of hydrogen-bond donors (Lipinski definition) is 0. The topological polar surface area (TPSA) is 37.7 Å².